The lowest BCUT2D eigenvalue weighted by Gasteiger charge is -2.14. The van der Waals surface area contributed by atoms with Crippen molar-refractivity contribution in [2.24, 2.45) is 0 Å². The molecule has 4 aromatic rings. The first kappa shape index (κ1) is 25.0. The van der Waals surface area contributed by atoms with Gasteiger partial charge in [-0.05, 0) is 61.0 Å². The molecule has 0 aliphatic heterocycles. The fourth-order valence-electron chi connectivity index (χ4n) is 3.51. The van der Waals surface area contributed by atoms with Crippen LogP contribution in [-0.4, -0.2) is 45.9 Å². The van der Waals surface area contributed by atoms with E-state index in [1.807, 2.05) is 60.7 Å². The van der Waals surface area contributed by atoms with Gasteiger partial charge in [-0.1, -0.05) is 23.9 Å². The van der Waals surface area contributed by atoms with Gasteiger partial charge < -0.3 is 10.1 Å². The third-order valence-electron chi connectivity index (χ3n) is 5.26. The third kappa shape index (κ3) is 6.09. The van der Waals surface area contributed by atoms with Crippen LogP contribution >= 0.6 is 11.8 Å². The predicted molar refractivity (Wildman–Crippen MR) is 138 cm³/mol. The maximum atomic E-state index is 12.7. The van der Waals surface area contributed by atoms with Crippen LogP contribution in [0.4, 0.5) is 0 Å². The summed E-state index contributed by atoms with van der Waals surface area (Å²) in [6.07, 6.45) is 6.08. The molecule has 0 bridgehead atoms. The van der Waals surface area contributed by atoms with Crippen molar-refractivity contribution in [3.8, 4) is 5.75 Å². The standard InChI is InChI=1S/C26H25N5O4S/c1-27-26(33)25-22(35-15-5-9-24(32)31-34)7-4-8-23(25)36-18-11-12-19-20(29-30-21(19)16-18)13-10-17-6-2-3-14-28-17/h2-4,6-8,10-14,16,34H,5,9,15H2,1H3,(H,27,33)(H,29,30)(H,31,32). The quantitative estimate of drug-likeness (QED) is 0.144. The molecule has 0 fully saturated rings. The Balaban J connectivity index is 1.53. The number of aromatic amines is 1. The Bertz CT molecular complexity index is 1390. The number of ether oxygens (including phenoxy) is 1. The van der Waals surface area contributed by atoms with Gasteiger partial charge in [0.2, 0.25) is 5.91 Å². The summed E-state index contributed by atoms with van der Waals surface area (Å²) < 4.78 is 5.81. The highest BCUT2D eigenvalue weighted by Gasteiger charge is 2.18. The highest BCUT2D eigenvalue weighted by atomic mass is 32.2. The normalized spacial score (nSPS) is 11.1. The smallest absolute Gasteiger partial charge is 0.255 e. The minimum absolute atomic E-state index is 0.115. The van der Waals surface area contributed by atoms with Gasteiger partial charge in [0.15, 0.2) is 0 Å². The number of carbonyl (C=O) groups is 2. The largest absolute Gasteiger partial charge is 0.493 e. The molecule has 4 rings (SSSR count). The zero-order chi connectivity index (χ0) is 25.3. The van der Waals surface area contributed by atoms with Crippen LogP contribution in [0, 0.1) is 0 Å². The van der Waals surface area contributed by atoms with Crippen molar-refractivity contribution in [2.45, 2.75) is 22.6 Å². The second kappa shape index (κ2) is 12.0. The number of nitrogens with one attached hydrogen (secondary N) is 3. The third-order valence-corrected chi connectivity index (χ3v) is 6.31. The number of pyridine rings is 1. The molecule has 9 nitrogen and oxygen atoms in total. The molecule has 2 aromatic heterocycles. The highest BCUT2D eigenvalue weighted by molar-refractivity contribution is 7.99. The van der Waals surface area contributed by atoms with Crippen molar-refractivity contribution in [1.29, 1.82) is 0 Å². The van der Waals surface area contributed by atoms with Gasteiger partial charge in [-0.25, -0.2) is 5.48 Å². The van der Waals surface area contributed by atoms with E-state index in [0.29, 0.717) is 17.7 Å². The zero-order valence-electron chi connectivity index (χ0n) is 19.5. The van der Waals surface area contributed by atoms with Crippen LogP contribution in [0.2, 0.25) is 0 Å². The summed E-state index contributed by atoms with van der Waals surface area (Å²) in [4.78, 5) is 29.9. The van der Waals surface area contributed by atoms with Crippen molar-refractivity contribution >= 4 is 46.6 Å². The lowest BCUT2D eigenvalue weighted by molar-refractivity contribution is -0.129. The van der Waals surface area contributed by atoms with E-state index in [2.05, 4.69) is 20.5 Å². The molecule has 2 amide bonds. The average molecular weight is 504 g/mol. The molecule has 0 radical (unpaired) electrons. The Labute approximate surface area is 211 Å². The molecule has 0 atom stereocenters. The SMILES string of the molecule is CNC(=O)c1c(OCCCC(=O)NO)cccc1Sc1ccc2c(C=Cc3ccccn3)n[nH]c2c1. The molecular weight excluding hydrogens is 478 g/mol. The number of H-pyrrole nitrogens is 1. The van der Waals surface area contributed by atoms with Gasteiger partial charge in [-0.3, -0.25) is 24.9 Å². The Morgan fingerprint density at radius 3 is 2.81 bits per heavy atom. The number of rotatable bonds is 10. The van der Waals surface area contributed by atoms with E-state index in [1.54, 1.807) is 24.8 Å². The fraction of sp³-hybridized carbons (Fsp3) is 0.154. The summed E-state index contributed by atoms with van der Waals surface area (Å²) >= 11 is 1.44. The minimum atomic E-state index is -0.487. The van der Waals surface area contributed by atoms with Crippen LogP contribution in [0.3, 0.4) is 0 Å². The number of amides is 2. The second-order valence-corrected chi connectivity index (χ2v) is 8.82. The molecule has 36 heavy (non-hydrogen) atoms. The Kier molecular flexibility index (Phi) is 8.32. The molecule has 0 saturated heterocycles. The van der Waals surface area contributed by atoms with E-state index in [-0.39, 0.29) is 18.9 Å². The van der Waals surface area contributed by atoms with Gasteiger partial charge in [0.25, 0.3) is 5.91 Å². The number of fused-ring (bicyclic) bond motifs is 1. The number of hydroxylamine groups is 1. The van der Waals surface area contributed by atoms with Crippen molar-refractivity contribution in [3.63, 3.8) is 0 Å². The number of nitrogens with zero attached hydrogens (tertiary/aromatic N) is 2. The Morgan fingerprint density at radius 1 is 1.14 bits per heavy atom. The molecular formula is C26H25N5O4S. The molecule has 10 heteroatoms. The number of hydrogen-bond donors (Lipinski definition) is 4. The first-order chi connectivity index (χ1) is 17.6. The van der Waals surface area contributed by atoms with Crippen molar-refractivity contribution in [2.75, 3.05) is 13.7 Å². The number of benzene rings is 2. The topological polar surface area (TPSA) is 129 Å². The van der Waals surface area contributed by atoms with Gasteiger partial charge in [-0.2, -0.15) is 5.10 Å². The minimum Gasteiger partial charge on any atom is -0.493 e. The molecule has 0 saturated carbocycles. The molecule has 0 unspecified atom stereocenters. The summed E-state index contributed by atoms with van der Waals surface area (Å²) in [6, 6.07) is 17.1. The van der Waals surface area contributed by atoms with Gasteiger partial charge >= 0.3 is 0 Å². The first-order valence-corrected chi connectivity index (χ1v) is 12.1. The van der Waals surface area contributed by atoms with Gasteiger partial charge in [0.05, 0.1) is 29.1 Å². The lowest BCUT2D eigenvalue weighted by Crippen LogP contribution is -2.21. The van der Waals surface area contributed by atoms with E-state index in [1.165, 1.54) is 11.8 Å². The molecule has 0 aliphatic carbocycles. The summed E-state index contributed by atoms with van der Waals surface area (Å²) in [5.74, 6) is -0.335. The maximum absolute atomic E-state index is 12.7. The molecule has 0 aliphatic rings. The van der Waals surface area contributed by atoms with Crippen LogP contribution in [0.5, 0.6) is 5.75 Å². The molecule has 2 heterocycles. The van der Waals surface area contributed by atoms with E-state index >= 15 is 0 Å². The van der Waals surface area contributed by atoms with Crippen molar-refractivity contribution in [3.05, 3.63) is 77.7 Å². The van der Waals surface area contributed by atoms with E-state index in [9.17, 15) is 9.59 Å². The van der Waals surface area contributed by atoms with Crippen LogP contribution in [0.15, 0.2) is 70.6 Å². The lowest BCUT2D eigenvalue weighted by atomic mass is 10.2. The van der Waals surface area contributed by atoms with Crippen LogP contribution < -0.4 is 15.5 Å². The molecule has 4 N–H and O–H groups in total. The average Bonchev–Trinajstić information content (AvgIpc) is 3.32. The number of hydrogen-bond acceptors (Lipinski definition) is 7. The fourth-order valence-corrected chi connectivity index (χ4v) is 4.52. The van der Waals surface area contributed by atoms with Crippen molar-refractivity contribution in [1.82, 2.24) is 26.0 Å². The summed E-state index contributed by atoms with van der Waals surface area (Å²) in [5, 5.41) is 19.7. The first-order valence-electron chi connectivity index (χ1n) is 11.2. The summed E-state index contributed by atoms with van der Waals surface area (Å²) in [5.41, 5.74) is 4.54. The number of carbonyl (C=O) groups excluding carboxylic acids is 2. The monoisotopic (exact) mass is 503 g/mol. The van der Waals surface area contributed by atoms with Crippen LogP contribution in [0.25, 0.3) is 23.1 Å². The van der Waals surface area contributed by atoms with E-state index < -0.39 is 5.91 Å². The van der Waals surface area contributed by atoms with Gasteiger partial charge in [0.1, 0.15) is 5.75 Å². The van der Waals surface area contributed by atoms with Gasteiger partial charge in [-0.15, -0.1) is 0 Å². The van der Waals surface area contributed by atoms with Crippen molar-refractivity contribution < 1.29 is 19.5 Å². The highest BCUT2D eigenvalue weighted by Crippen LogP contribution is 2.36. The maximum Gasteiger partial charge on any atom is 0.255 e. The zero-order valence-corrected chi connectivity index (χ0v) is 20.3. The van der Waals surface area contributed by atoms with E-state index in [0.717, 1.165) is 32.1 Å². The van der Waals surface area contributed by atoms with E-state index in [4.69, 9.17) is 9.94 Å². The molecule has 2 aromatic carbocycles. The Hall–Kier alpha value is -4.15. The predicted octanol–water partition coefficient (Wildman–Crippen LogP) is 4.30. The summed E-state index contributed by atoms with van der Waals surface area (Å²) in [6.45, 7) is 0.223. The summed E-state index contributed by atoms with van der Waals surface area (Å²) in [7, 11) is 1.57. The molecule has 184 valence electrons. The van der Waals surface area contributed by atoms with Gasteiger partial charge in [0, 0.05) is 34.8 Å². The molecule has 0 spiro atoms. The number of aromatic nitrogens is 3. The second-order valence-electron chi connectivity index (χ2n) is 7.70. The van der Waals surface area contributed by atoms with Crippen LogP contribution in [0.1, 0.15) is 34.6 Å². The Morgan fingerprint density at radius 2 is 2.03 bits per heavy atom. The van der Waals surface area contributed by atoms with Crippen LogP contribution in [-0.2, 0) is 4.79 Å².